The van der Waals surface area contributed by atoms with E-state index in [9.17, 15) is 9.59 Å². The van der Waals surface area contributed by atoms with Crippen LogP contribution >= 0.6 is 31.9 Å². The van der Waals surface area contributed by atoms with E-state index in [2.05, 4.69) is 42.5 Å². The van der Waals surface area contributed by atoms with Crippen molar-refractivity contribution in [3.8, 4) is 0 Å². The Balaban J connectivity index is 1.86. The largest absolute Gasteiger partial charge is 0.321 e. The third-order valence-electron chi connectivity index (χ3n) is 4.09. The van der Waals surface area contributed by atoms with Crippen LogP contribution in [0.15, 0.2) is 87.4 Å². The van der Waals surface area contributed by atoms with Gasteiger partial charge in [0.15, 0.2) is 0 Å². The first-order valence-electron chi connectivity index (χ1n) is 8.83. The maximum absolute atomic E-state index is 12.9. The van der Waals surface area contributed by atoms with Crippen LogP contribution in [0.2, 0.25) is 0 Å². The highest BCUT2D eigenvalue weighted by atomic mass is 79.9. The Morgan fingerprint density at radius 3 is 1.93 bits per heavy atom. The van der Waals surface area contributed by atoms with Crippen molar-refractivity contribution in [1.29, 1.82) is 0 Å². The Labute approximate surface area is 186 Å². The number of hydrogen-bond donors (Lipinski definition) is 2. The maximum atomic E-state index is 12.9. The van der Waals surface area contributed by atoms with Crippen molar-refractivity contribution in [2.75, 3.05) is 5.32 Å². The lowest BCUT2D eigenvalue weighted by atomic mass is 10.1. The summed E-state index contributed by atoms with van der Waals surface area (Å²) in [5.74, 6) is -0.755. The molecule has 146 valence electrons. The van der Waals surface area contributed by atoms with Gasteiger partial charge in [0.2, 0.25) is 0 Å². The highest BCUT2D eigenvalue weighted by Gasteiger charge is 2.15. The Kier molecular flexibility index (Phi) is 7.01. The fourth-order valence-electron chi connectivity index (χ4n) is 2.52. The molecule has 0 unspecified atom stereocenters. The molecule has 3 aromatic rings. The van der Waals surface area contributed by atoms with Crippen LogP contribution in [0.3, 0.4) is 0 Å². The van der Waals surface area contributed by atoms with Crippen molar-refractivity contribution in [2.24, 2.45) is 0 Å². The lowest BCUT2D eigenvalue weighted by molar-refractivity contribution is -0.113. The van der Waals surface area contributed by atoms with Crippen molar-refractivity contribution in [2.45, 2.75) is 6.92 Å². The summed E-state index contributed by atoms with van der Waals surface area (Å²) in [5, 5.41) is 5.55. The second-order valence-electron chi connectivity index (χ2n) is 6.39. The number of halogens is 2. The van der Waals surface area contributed by atoms with Gasteiger partial charge >= 0.3 is 0 Å². The van der Waals surface area contributed by atoms with Gasteiger partial charge in [0.25, 0.3) is 11.8 Å². The summed E-state index contributed by atoms with van der Waals surface area (Å²) < 4.78 is 1.84. The van der Waals surface area contributed by atoms with Crippen LogP contribution in [0, 0.1) is 6.92 Å². The molecule has 0 bridgehead atoms. The number of hydrogen-bond acceptors (Lipinski definition) is 2. The number of nitrogens with one attached hydrogen (secondary N) is 2. The third-order valence-corrected chi connectivity index (χ3v) is 5.15. The van der Waals surface area contributed by atoms with E-state index in [1.165, 1.54) is 0 Å². The van der Waals surface area contributed by atoms with Gasteiger partial charge in [-0.1, -0.05) is 61.7 Å². The standard InChI is InChI=1S/C23H18Br2N2O2/c1-15-2-6-17(7-3-15)22(28)27-21(14-16-4-8-18(24)9-5-16)23(29)26-20-12-10-19(25)11-13-20/h2-14H,1H3,(H,26,29)(H,27,28)/b21-14+. The molecule has 2 N–H and O–H groups in total. The molecule has 29 heavy (non-hydrogen) atoms. The second kappa shape index (κ2) is 9.67. The minimum Gasteiger partial charge on any atom is -0.321 e. The zero-order chi connectivity index (χ0) is 20.8. The van der Waals surface area contributed by atoms with Gasteiger partial charge in [-0.25, -0.2) is 0 Å². The molecule has 3 aromatic carbocycles. The van der Waals surface area contributed by atoms with Crippen LogP contribution in [0.5, 0.6) is 0 Å². The molecule has 0 aliphatic carbocycles. The van der Waals surface area contributed by atoms with Crippen molar-refractivity contribution in [3.05, 3.63) is 104 Å². The molecule has 0 saturated heterocycles. The monoisotopic (exact) mass is 512 g/mol. The van der Waals surface area contributed by atoms with E-state index in [-0.39, 0.29) is 11.6 Å². The lowest BCUT2D eigenvalue weighted by Crippen LogP contribution is -2.30. The molecule has 0 radical (unpaired) electrons. The highest BCUT2D eigenvalue weighted by molar-refractivity contribution is 9.10. The molecule has 0 spiro atoms. The van der Waals surface area contributed by atoms with Gasteiger partial charge in [0.05, 0.1) is 0 Å². The van der Waals surface area contributed by atoms with Crippen molar-refractivity contribution in [1.82, 2.24) is 5.32 Å². The molecule has 3 rings (SSSR count). The van der Waals surface area contributed by atoms with Gasteiger partial charge in [-0.15, -0.1) is 0 Å². The van der Waals surface area contributed by atoms with Crippen molar-refractivity contribution < 1.29 is 9.59 Å². The molecule has 0 aromatic heterocycles. The summed E-state index contributed by atoms with van der Waals surface area (Å²) in [4.78, 5) is 25.5. The fourth-order valence-corrected chi connectivity index (χ4v) is 3.04. The lowest BCUT2D eigenvalue weighted by Gasteiger charge is -2.12. The van der Waals surface area contributed by atoms with Gasteiger partial charge in [-0.3, -0.25) is 9.59 Å². The van der Waals surface area contributed by atoms with Gasteiger partial charge in [-0.05, 0) is 67.1 Å². The Morgan fingerprint density at radius 2 is 1.34 bits per heavy atom. The third kappa shape index (κ3) is 6.14. The molecule has 0 saturated carbocycles. The summed E-state index contributed by atoms with van der Waals surface area (Å²) in [6.45, 7) is 1.95. The fraction of sp³-hybridized carbons (Fsp3) is 0.0435. The first-order chi connectivity index (χ1) is 13.9. The number of benzene rings is 3. The van der Waals surface area contributed by atoms with E-state index in [1.54, 1.807) is 30.3 Å². The maximum Gasteiger partial charge on any atom is 0.272 e. The number of anilines is 1. The van der Waals surface area contributed by atoms with Crippen LogP contribution in [0.4, 0.5) is 5.69 Å². The summed E-state index contributed by atoms with van der Waals surface area (Å²) >= 11 is 6.76. The van der Waals surface area contributed by atoms with Crippen LogP contribution in [-0.2, 0) is 4.79 Å². The van der Waals surface area contributed by atoms with Gasteiger partial charge in [0, 0.05) is 20.2 Å². The van der Waals surface area contributed by atoms with Crippen LogP contribution < -0.4 is 10.6 Å². The van der Waals surface area contributed by atoms with Gasteiger partial charge in [-0.2, -0.15) is 0 Å². The van der Waals surface area contributed by atoms with Gasteiger partial charge in [0.1, 0.15) is 5.70 Å². The second-order valence-corrected chi connectivity index (χ2v) is 8.22. The van der Waals surface area contributed by atoms with Crippen molar-refractivity contribution >= 4 is 55.4 Å². The Bertz CT molecular complexity index is 1040. The number of aryl methyl sites for hydroxylation is 1. The quantitative estimate of drug-likeness (QED) is 0.415. The van der Waals surface area contributed by atoms with E-state index in [0.29, 0.717) is 11.3 Å². The van der Waals surface area contributed by atoms with E-state index >= 15 is 0 Å². The normalized spacial score (nSPS) is 11.1. The minimum atomic E-state index is -0.407. The molecule has 0 atom stereocenters. The zero-order valence-corrected chi connectivity index (χ0v) is 18.7. The molecule has 2 amide bonds. The summed E-state index contributed by atoms with van der Waals surface area (Å²) in [5.41, 5.74) is 3.11. The van der Waals surface area contributed by atoms with E-state index < -0.39 is 5.91 Å². The number of carbonyl (C=O) groups is 2. The molecule has 0 fully saturated rings. The first kappa shape index (κ1) is 21.0. The SMILES string of the molecule is Cc1ccc(C(=O)N/C(=C/c2ccc(Br)cc2)C(=O)Nc2ccc(Br)cc2)cc1. The summed E-state index contributed by atoms with van der Waals surface area (Å²) in [6.07, 6.45) is 1.65. The smallest absolute Gasteiger partial charge is 0.272 e. The van der Waals surface area contributed by atoms with Crippen LogP contribution in [0.1, 0.15) is 21.5 Å². The van der Waals surface area contributed by atoms with E-state index in [0.717, 1.165) is 20.1 Å². The number of rotatable bonds is 5. The van der Waals surface area contributed by atoms with Gasteiger partial charge < -0.3 is 10.6 Å². The average molecular weight is 514 g/mol. The number of carbonyl (C=O) groups excluding carboxylic acids is 2. The molecule has 0 aliphatic rings. The zero-order valence-electron chi connectivity index (χ0n) is 15.6. The summed E-state index contributed by atoms with van der Waals surface area (Å²) in [6, 6.07) is 21.9. The van der Waals surface area contributed by atoms with E-state index in [4.69, 9.17) is 0 Å². The highest BCUT2D eigenvalue weighted by Crippen LogP contribution is 2.17. The molecular formula is C23H18Br2N2O2. The van der Waals surface area contributed by atoms with Crippen LogP contribution in [-0.4, -0.2) is 11.8 Å². The van der Waals surface area contributed by atoms with E-state index in [1.807, 2.05) is 55.5 Å². The Morgan fingerprint density at radius 1 is 0.793 bits per heavy atom. The molecule has 6 heteroatoms. The van der Waals surface area contributed by atoms with Crippen LogP contribution in [0.25, 0.3) is 6.08 Å². The number of amides is 2. The first-order valence-corrected chi connectivity index (χ1v) is 10.4. The average Bonchev–Trinajstić information content (AvgIpc) is 2.71. The summed E-state index contributed by atoms with van der Waals surface area (Å²) in [7, 11) is 0. The topological polar surface area (TPSA) is 58.2 Å². The molecule has 0 heterocycles. The molecule has 4 nitrogen and oxygen atoms in total. The Hall–Kier alpha value is -2.70. The predicted octanol–water partition coefficient (Wildman–Crippen LogP) is 5.93. The van der Waals surface area contributed by atoms with Crippen molar-refractivity contribution in [3.63, 3.8) is 0 Å². The molecule has 0 aliphatic heterocycles. The minimum absolute atomic E-state index is 0.154. The molecular weight excluding hydrogens is 496 g/mol. The predicted molar refractivity (Wildman–Crippen MR) is 124 cm³/mol.